The Morgan fingerprint density at radius 1 is 1.28 bits per heavy atom. The van der Waals surface area contributed by atoms with Gasteiger partial charge in [0.05, 0.1) is 11.6 Å². The van der Waals surface area contributed by atoms with Crippen LogP contribution in [0.5, 0.6) is 0 Å². The van der Waals surface area contributed by atoms with Gasteiger partial charge in [-0.1, -0.05) is 6.08 Å². The van der Waals surface area contributed by atoms with Crippen LogP contribution < -0.4 is 0 Å². The third-order valence-corrected chi connectivity index (χ3v) is 4.47. The number of pyridine rings is 1. The van der Waals surface area contributed by atoms with E-state index in [1.807, 2.05) is 0 Å². The summed E-state index contributed by atoms with van der Waals surface area (Å²) in [5.41, 5.74) is -0.574. The van der Waals surface area contributed by atoms with Crippen molar-refractivity contribution in [1.82, 2.24) is 9.88 Å². The van der Waals surface area contributed by atoms with E-state index < -0.39 is 23.4 Å². The summed E-state index contributed by atoms with van der Waals surface area (Å²) in [5.74, 6) is 0. The Labute approximate surface area is 144 Å². The summed E-state index contributed by atoms with van der Waals surface area (Å²) in [6.07, 6.45) is 1.21. The van der Waals surface area contributed by atoms with E-state index in [9.17, 15) is 18.0 Å². The molecule has 2 aliphatic heterocycles. The second-order valence-electron chi connectivity index (χ2n) is 7.50. The van der Waals surface area contributed by atoms with Crippen LogP contribution in [0.1, 0.15) is 51.2 Å². The third kappa shape index (κ3) is 3.65. The van der Waals surface area contributed by atoms with Gasteiger partial charge in [-0.3, -0.25) is 9.88 Å². The Hall–Kier alpha value is -2.05. The summed E-state index contributed by atoms with van der Waals surface area (Å²) in [4.78, 5) is 18.0. The van der Waals surface area contributed by atoms with Gasteiger partial charge < -0.3 is 4.74 Å². The second-order valence-corrected chi connectivity index (χ2v) is 7.50. The van der Waals surface area contributed by atoms with Crippen molar-refractivity contribution in [2.24, 2.45) is 0 Å². The number of ether oxygens (including phenoxy) is 1. The first-order chi connectivity index (χ1) is 11.6. The van der Waals surface area contributed by atoms with E-state index in [0.717, 1.165) is 25.1 Å². The SMILES string of the molecule is CC(C)(C)OC(=O)N1C2C=C(c3cnccc3C(F)(F)F)CC1CC2. The lowest BCUT2D eigenvalue weighted by atomic mass is 9.93. The molecule has 0 radical (unpaired) electrons. The summed E-state index contributed by atoms with van der Waals surface area (Å²) in [7, 11) is 0. The van der Waals surface area contributed by atoms with Gasteiger partial charge in [0.2, 0.25) is 0 Å². The molecule has 2 unspecified atom stereocenters. The van der Waals surface area contributed by atoms with Crippen LogP contribution in [0.4, 0.5) is 18.0 Å². The van der Waals surface area contributed by atoms with E-state index >= 15 is 0 Å². The lowest BCUT2D eigenvalue weighted by Crippen LogP contribution is -2.45. The molecule has 1 amide bonds. The first-order valence-corrected chi connectivity index (χ1v) is 8.30. The van der Waals surface area contributed by atoms with Gasteiger partial charge in [0.15, 0.2) is 0 Å². The standard InChI is InChI=1S/C18H21F3N2O2/c1-17(2,3)25-16(24)23-12-4-5-13(23)9-11(8-12)14-10-22-7-6-15(14)18(19,20)21/h6-8,10,12-13H,4-5,9H2,1-3H3. The first kappa shape index (κ1) is 17.8. The highest BCUT2D eigenvalue weighted by molar-refractivity contribution is 5.76. The fourth-order valence-corrected chi connectivity index (χ4v) is 3.53. The molecule has 0 N–H and O–H groups in total. The summed E-state index contributed by atoms with van der Waals surface area (Å²) < 4.78 is 45.2. The third-order valence-electron chi connectivity index (χ3n) is 4.47. The number of fused-ring (bicyclic) bond motifs is 2. The number of carbonyl (C=O) groups is 1. The predicted octanol–water partition coefficient (Wildman–Crippen LogP) is 4.66. The maximum atomic E-state index is 13.3. The maximum absolute atomic E-state index is 13.3. The molecule has 1 aromatic rings. The molecule has 1 saturated heterocycles. The van der Waals surface area contributed by atoms with Crippen molar-refractivity contribution < 1.29 is 22.7 Å². The zero-order valence-electron chi connectivity index (χ0n) is 14.4. The average molecular weight is 354 g/mol. The number of amides is 1. The summed E-state index contributed by atoms with van der Waals surface area (Å²) >= 11 is 0. The molecule has 0 aliphatic carbocycles. The molecule has 2 atom stereocenters. The highest BCUT2D eigenvalue weighted by Gasteiger charge is 2.43. The lowest BCUT2D eigenvalue weighted by molar-refractivity contribution is -0.137. The van der Waals surface area contributed by atoms with Crippen LogP contribution in [-0.4, -0.2) is 33.7 Å². The molecule has 0 spiro atoms. The molecule has 2 aliphatic rings. The van der Waals surface area contributed by atoms with Crippen molar-refractivity contribution in [3.63, 3.8) is 0 Å². The molecule has 136 valence electrons. The lowest BCUT2D eigenvalue weighted by Gasteiger charge is -2.35. The number of carbonyl (C=O) groups excluding carboxylic acids is 1. The fourth-order valence-electron chi connectivity index (χ4n) is 3.53. The molecule has 0 aromatic carbocycles. The first-order valence-electron chi connectivity index (χ1n) is 8.30. The molecule has 3 rings (SSSR count). The quantitative estimate of drug-likeness (QED) is 0.737. The monoisotopic (exact) mass is 354 g/mol. The van der Waals surface area contributed by atoms with Gasteiger partial charge in [-0.2, -0.15) is 13.2 Å². The van der Waals surface area contributed by atoms with Gasteiger partial charge in [0.25, 0.3) is 0 Å². The van der Waals surface area contributed by atoms with Crippen LogP contribution in [0.25, 0.3) is 5.57 Å². The van der Waals surface area contributed by atoms with Crippen LogP contribution in [0.15, 0.2) is 24.5 Å². The number of aromatic nitrogens is 1. The highest BCUT2D eigenvalue weighted by atomic mass is 19.4. The van der Waals surface area contributed by atoms with E-state index in [4.69, 9.17) is 4.74 Å². The van der Waals surface area contributed by atoms with E-state index in [-0.39, 0.29) is 17.6 Å². The van der Waals surface area contributed by atoms with Gasteiger partial charge in [-0.25, -0.2) is 4.79 Å². The molecule has 1 aromatic heterocycles. The van der Waals surface area contributed by atoms with Gasteiger partial charge >= 0.3 is 12.3 Å². The maximum Gasteiger partial charge on any atom is 0.417 e. The van der Waals surface area contributed by atoms with Crippen molar-refractivity contribution in [3.05, 3.63) is 35.7 Å². The topological polar surface area (TPSA) is 42.4 Å². The molecule has 0 saturated carbocycles. The van der Waals surface area contributed by atoms with Crippen LogP contribution >= 0.6 is 0 Å². The zero-order valence-corrected chi connectivity index (χ0v) is 14.4. The van der Waals surface area contributed by atoms with Gasteiger partial charge in [-0.15, -0.1) is 0 Å². The van der Waals surface area contributed by atoms with Crippen molar-refractivity contribution in [3.8, 4) is 0 Å². The van der Waals surface area contributed by atoms with Crippen molar-refractivity contribution in [1.29, 1.82) is 0 Å². The Morgan fingerprint density at radius 3 is 2.60 bits per heavy atom. The second kappa shape index (κ2) is 6.04. The van der Waals surface area contributed by atoms with Gasteiger partial charge in [-0.05, 0) is 51.7 Å². The van der Waals surface area contributed by atoms with E-state index in [2.05, 4.69) is 4.98 Å². The van der Waals surface area contributed by atoms with Crippen LogP contribution in [0.2, 0.25) is 0 Å². The zero-order chi connectivity index (χ0) is 18.4. The molecule has 7 heteroatoms. The smallest absolute Gasteiger partial charge is 0.417 e. The van der Waals surface area contributed by atoms with Crippen LogP contribution in [0.3, 0.4) is 0 Å². The van der Waals surface area contributed by atoms with Crippen molar-refractivity contribution in [2.45, 2.75) is 63.9 Å². The van der Waals surface area contributed by atoms with Crippen LogP contribution in [0, 0.1) is 0 Å². The molecule has 3 heterocycles. The largest absolute Gasteiger partial charge is 0.444 e. The minimum Gasteiger partial charge on any atom is -0.444 e. The molecule has 2 bridgehead atoms. The minimum atomic E-state index is -4.43. The normalized spacial score (nSPS) is 23.4. The summed E-state index contributed by atoms with van der Waals surface area (Å²) in [6.45, 7) is 5.38. The average Bonchev–Trinajstić information content (AvgIpc) is 2.75. The van der Waals surface area contributed by atoms with Crippen molar-refractivity contribution in [2.75, 3.05) is 0 Å². The number of halogens is 3. The number of hydrogen-bond acceptors (Lipinski definition) is 3. The van der Waals surface area contributed by atoms with E-state index in [1.165, 1.54) is 6.20 Å². The van der Waals surface area contributed by atoms with Crippen molar-refractivity contribution >= 4 is 11.7 Å². The molecule has 25 heavy (non-hydrogen) atoms. The highest BCUT2D eigenvalue weighted by Crippen LogP contribution is 2.42. The number of nitrogens with zero attached hydrogens (tertiary/aromatic N) is 2. The van der Waals surface area contributed by atoms with Crippen LogP contribution in [-0.2, 0) is 10.9 Å². The summed E-state index contributed by atoms with van der Waals surface area (Å²) in [5, 5.41) is 0. The summed E-state index contributed by atoms with van der Waals surface area (Å²) in [6, 6.07) is 0.629. The molecular formula is C18H21F3N2O2. The Balaban J connectivity index is 1.90. The predicted molar refractivity (Wildman–Crippen MR) is 86.7 cm³/mol. The number of rotatable bonds is 1. The van der Waals surface area contributed by atoms with Gasteiger partial charge in [0, 0.05) is 24.0 Å². The Kier molecular flexibility index (Phi) is 4.29. The minimum absolute atomic E-state index is 0.107. The van der Waals surface area contributed by atoms with E-state index in [0.29, 0.717) is 12.0 Å². The molecular weight excluding hydrogens is 333 g/mol. The molecule has 4 nitrogen and oxygen atoms in total. The Morgan fingerprint density at radius 2 is 2.00 bits per heavy atom. The fraction of sp³-hybridized carbons (Fsp3) is 0.556. The van der Waals surface area contributed by atoms with E-state index in [1.54, 1.807) is 31.7 Å². The number of alkyl halides is 3. The molecule has 1 fully saturated rings. The number of hydrogen-bond donors (Lipinski definition) is 0. The Bertz CT molecular complexity index is 707. The van der Waals surface area contributed by atoms with Gasteiger partial charge in [0.1, 0.15) is 5.60 Å².